The van der Waals surface area contributed by atoms with Crippen molar-refractivity contribution in [3.63, 3.8) is 0 Å². The summed E-state index contributed by atoms with van der Waals surface area (Å²) >= 11 is 1.61. The largest absolute Gasteiger partial charge is 0.495 e. The number of aryl methyl sites for hydroxylation is 1. The minimum Gasteiger partial charge on any atom is -0.495 e. The van der Waals surface area contributed by atoms with Gasteiger partial charge in [0.25, 0.3) is 0 Å². The molecule has 0 radical (unpaired) electrons. The minimum absolute atomic E-state index is 0.555. The number of thiophene rings is 1. The Morgan fingerprint density at radius 3 is 2.78 bits per heavy atom. The highest BCUT2D eigenvalue weighted by atomic mass is 32.1. The van der Waals surface area contributed by atoms with Gasteiger partial charge in [-0.1, -0.05) is 13.0 Å². The summed E-state index contributed by atoms with van der Waals surface area (Å²) in [6, 6.07) is 7.27. The van der Waals surface area contributed by atoms with Crippen molar-refractivity contribution in [2.24, 2.45) is 0 Å². The first-order valence-corrected chi connectivity index (χ1v) is 9.57. The normalized spacial score (nSPS) is 10.4. The summed E-state index contributed by atoms with van der Waals surface area (Å²) in [5, 5.41) is 7.41. The third-order valence-corrected chi connectivity index (χ3v) is 4.85. The second-order valence-electron chi connectivity index (χ2n) is 5.88. The molecule has 6 heteroatoms. The molecule has 0 unspecified atom stereocenters. The van der Waals surface area contributed by atoms with E-state index in [0.717, 1.165) is 41.0 Å². The lowest BCUT2D eigenvalue weighted by Crippen LogP contribution is -2.08. The number of carbonyl (C=O) groups excluding carboxylic acids is 1. The topological polar surface area (TPSA) is 64.1 Å². The van der Waals surface area contributed by atoms with E-state index in [9.17, 15) is 4.79 Å². The molecule has 0 saturated carbocycles. The number of rotatable bonds is 8. The Balaban J connectivity index is 2.11. The maximum absolute atomic E-state index is 11.0. The van der Waals surface area contributed by atoms with Crippen molar-refractivity contribution in [3.05, 3.63) is 64.5 Å². The highest BCUT2D eigenvalue weighted by molar-refractivity contribution is 7.08. The molecule has 0 saturated heterocycles. The fourth-order valence-corrected chi connectivity index (χ4v) is 3.45. The van der Waals surface area contributed by atoms with Gasteiger partial charge in [-0.2, -0.15) is 11.3 Å². The Morgan fingerprint density at radius 1 is 1.30 bits per heavy atom. The van der Waals surface area contributed by atoms with E-state index < -0.39 is 0 Å². The number of nitrogens with one attached hydrogen (secondary N) is 1. The molecule has 0 aliphatic rings. The molecule has 27 heavy (non-hydrogen) atoms. The van der Waals surface area contributed by atoms with E-state index in [-0.39, 0.29) is 0 Å². The van der Waals surface area contributed by atoms with Crippen LogP contribution in [0.25, 0.3) is 11.4 Å². The average Bonchev–Trinajstić information content (AvgIpc) is 3.24. The number of aromatic nitrogens is 2. The zero-order chi connectivity index (χ0) is 19.2. The van der Waals surface area contributed by atoms with Gasteiger partial charge in [-0.05, 0) is 42.5 Å². The summed E-state index contributed by atoms with van der Waals surface area (Å²) in [7, 11) is 1.58. The van der Waals surface area contributed by atoms with Crippen molar-refractivity contribution >= 4 is 29.1 Å². The number of benzene rings is 1. The lowest BCUT2D eigenvalue weighted by Gasteiger charge is -2.17. The van der Waals surface area contributed by atoms with E-state index in [2.05, 4.69) is 18.8 Å². The summed E-state index contributed by atoms with van der Waals surface area (Å²) in [6.07, 6.45) is 4.09. The molecule has 0 atom stereocenters. The Hall–Kier alpha value is -2.99. The van der Waals surface area contributed by atoms with Gasteiger partial charge in [-0.25, -0.2) is 9.97 Å². The summed E-state index contributed by atoms with van der Waals surface area (Å²) in [6.45, 7) is 5.94. The number of nitrogens with zero attached hydrogens (tertiary/aromatic N) is 2. The number of hydrogen-bond acceptors (Lipinski definition) is 6. The smallest absolute Gasteiger partial charge is 0.162 e. The van der Waals surface area contributed by atoms with Crippen LogP contribution >= 0.6 is 11.3 Å². The number of carbonyl (C=O) groups is 1. The number of anilines is 2. The Labute approximate surface area is 162 Å². The molecule has 1 N–H and O–H groups in total. The standard InChI is InChI=1S/C21H21N3O2S/c1-4-6-16-17(5-2)22-20(15-9-10-27-13-15)24-21(16)23-18-8-7-14(12-25)11-19(18)26-3/h4,7-13H,1,5-6H2,2-3H3,(H,22,23,24). The lowest BCUT2D eigenvalue weighted by molar-refractivity contribution is 0.112. The van der Waals surface area contributed by atoms with Crippen molar-refractivity contribution in [2.45, 2.75) is 19.8 Å². The SMILES string of the molecule is C=CCc1c(CC)nc(-c2ccsc2)nc1Nc1ccc(C=O)cc1OC. The van der Waals surface area contributed by atoms with Gasteiger partial charge in [-0.3, -0.25) is 4.79 Å². The van der Waals surface area contributed by atoms with Crippen molar-refractivity contribution in [3.8, 4) is 17.1 Å². The molecule has 0 aliphatic carbocycles. The fraction of sp³-hybridized carbons (Fsp3) is 0.190. The van der Waals surface area contributed by atoms with Crippen LogP contribution < -0.4 is 10.1 Å². The molecule has 0 spiro atoms. The van der Waals surface area contributed by atoms with E-state index in [1.54, 1.807) is 30.6 Å². The maximum Gasteiger partial charge on any atom is 0.162 e. The van der Waals surface area contributed by atoms with Crippen LogP contribution in [0.3, 0.4) is 0 Å². The second kappa shape index (κ2) is 8.60. The monoisotopic (exact) mass is 379 g/mol. The number of aldehydes is 1. The van der Waals surface area contributed by atoms with Crippen LogP contribution in [0.4, 0.5) is 11.5 Å². The minimum atomic E-state index is 0.555. The van der Waals surface area contributed by atoms with Crippen LogP contribution in [0.5, 0.6) is 5.75 Å². The van der Waals surface area contributed by atoms with E-state index in [0.29, 0.717) is 23.6 Å². The molecule has 2 aromatic heterocycles. The van der Waals surface area contributed by atoms with Gasteiger partial charge in [-0.15, -0.1) is 6.58 Å². The number of ether oxygens (including phenoxy) is 1. The van der Waals surface area contributed by atoms with Crippen molar-refractivity contribution in [1.29, 1.82) is 0 Å². The zero-order valence-electron chi connectivity index (χ0n) is 15.4. The van der Waals surface area contributed by atoms with Crippen LogP contribution in [-0.4, -0.2) is 23.4 Å². The Kier molecular flexibility index (Phi) is 5.98. The van der Waals surface area contributed by atoms with E-state index >= 15 is 0 Å². The van der Waals surface area contributed by atoms with Crippen molar-refractivity contribution in [2.75, 3.05) is 12.4 Å². The van der Waals surface area contributed by atoms with Crippen molar-refractivity contribution < 1.29 is 9.53 Å². The Morgan fingerprint density at radius 2 is 2.15 bits per heavy atom. The highest BCUT2D eigenvalue weighted by Crippen LogP contribution is 2.32. The summed E-state index contributed by atoms with van der Waals surface area (Å²) in [4.78, 5) is 20.6. The fourth-order valence-electron chi connectivity index (χ4n) is 2.82. The molecule has 0 fully saturated rings. The first-order valence-electron chi connectivity index (χ1n) is 8.63. The van der Waals surface area contributed by atoms with Gasteiger partial charge in [0.1, 0.15) is 17.9 Å². The third-order valence-electron chi connectivity index (χ3n) is 4.17. The summed E-state index contributed by atoms with van der Waals surface area (Å²) in [5.74, 6) is 1.99. The van der Waals surface area contributed by atoms with Gasteiger partial charge < -0.3 is 10.1 Å². The molecule has 0 amide bonds. The van der Waals surface area contributed by atoms with Gasteiger partial charge in [0.2, 0.25) is 0 Å². The predicted molar refractivity (Wildman–Crippen MR) is 110 cm³/mol. The molecule has 138 valence electrons. The molecule has 5 nitrogen and oxygen atoms in total. The summed E-state index contributed by atoms with van der Waals surface area (Å²) in [5.41, 5.74) is 4.28. The highest BCUT2D eigenvalue weighted by Gasteiger charge is 2.16. The first-order chi connectivity index (χ1) is 13.2. The second-order valence-corrected chi connectivity index (χ2v) is 6.66. The predicted octanol–water partition coefficient (Wildman–Crippen LogP) is 5.06. The molecule has 0 bridgehead atoms. The van der Waals surface area contributed by atoms with Crippen LogP contribution in [0.1, 0.15) is 28.5 Å². The van der Waals surface area contributed by atoms with Gasteiger partial charge in [0.05, 0.1) is 12.8 Å². The first kappa shape index (κ1) is 18.8. The number of allylic oxidation sites excluding steroid dienone is 1. The van der Waals surface area contributed by atoms with Gasteiger partial charge in [0.15, 0.2) is 5.82 Å². The third kappa shape index (κ3) is 4.06. The molecule has 2 heterocycles. The number of hydrogen-bond donors (Lipinski definition) is 1. The molecular formula is C21H21N3O2S. The van der Waals surface area contributed by atoms with Crippen LogP contribution in [0.15, 0.2) is 47.7 Å². The van der Waals surface area contributed by atoms with E-state index in [1.165, 1.54) is 0 Å². The van der Waals surface area contributed by atoms with Crippen LogP contribution in [0, 0.1) is 0 Å². The van der Waals surface area contributed by atoms with E-state index in [1.807, 2.05) is 29.0 Å². The lowest BCUT2D eigenvalue weighted by atomic mass is 10.1. The molecule has 0 aliphatic heterocycles. The van der Waals surface area contributed by atoms with Crippen molar-refractivity contribution in [1.82, 2.24) is 9.97 Å². The van der Waals surface area contributed by atoms with Gasteiger partial charge >= 0.3 is 0 Å². The molecule has 3 aromatic rings. The number of methoxy groups -OCH3 is 1. The van der Waals surface area contributed by atoms with Crippen LogP contribution in [0.2, 0.25) is 0 Å². The molecule has 1 aromatic carbocycles. The quantitative estimate of drug-likeness (QED) is 0.438. The summed E-state index contributed by atoms with van der Waals surface area (Å²) < 4.78 is 5.44. The van der Waals surface area contributed by atoms with E-state index in [4.69, 9.17) is 14.7 Å². The van der Waals surface area contributed by atoms with Gasteiger partial charge in [0, 0.05) is 27.8 Å². The zero-order valence-corrected chi connectivity index (χ0v) is 16.2. The molecular weight excluding hydrogens is 358 g/mol. The molecule has 3 rings (SSSR count). The average molecular weight is 379 g/mol. The Bertz CT molecular complexity index is 952. The van der Waals surface area contributed by atoms with Crippen LogP contribution in [-0.2, 0) is 12.8 Å². The maximum atomic E-state index is 11.0.